The monoisotopic (exact) mass is 305 g/mol. The Morgan fingerprint density at radius 3 is 2.48 bits per heavy atom. The molecule has 0 aliphatic rings. The van der Waals surface area contributed by atoms with Crippen LogP contribution in [-0.4, -0.2) is 6.04 Å². The number of benzene rings is 2. The number of halogens is 2. The van der Waals surface area contributed by atoms with E-state index in [4.69, 9.17) is 11.6 Å². The van der Waals surface area contributed by atoms with Crippen LogP contribution < -0.4 is 5.32 Å². The van der Waals surface area contributed by atoms with Gasteiger partial charge in [0.1, 0.15) is 5.82 Å². The Morgan fingerprint density at radius 1 is 1.14 bits per heavy atom. The quantitative estimate of drug-likeness (QED) is 0.753. The molecule has 1 nitrogen and oxygen atoms in total. The van der Waals surface area contributed by atoms with Crippen molar-refractivity contribution in [2.24, 2.45) is 0 Å². The zero-order valence-corrected chi connectivity index (χ0v) is 13.4. The Kier molecular flexibility index (Phi) is 4.89. The van der Waals surface area contributed by atoms with Crippen molar-refractivity contribution in [3.05, 3.63) is 64.9 Å². The maximum absolute atomic E-state index is 13.8. The predicted molar refractivity (Wildman–Crippen MR) is 88.6 cm³/mol. The van der Waals surface area contributed by atoms with E-state index < -0.39 is 0 Å². The van der Waals surface area contributed by atoms with E-state index in [0.29, 0.717) is 10.7 Å². The first kappa shape index (κ1) is 15.8. The third-order valence-electron chi connectivity index (χ3n) is 3.70. The van der Waals surface area contributed by atoms with Crippen molar-refractivity contribution in [1.29, 1.82) is 0 Å². The molecule has 112 valence electrons. The SMILES string of the molecule is CC(CC(C)(C)c1ccccc1)Nc1cc(Cl)ccc1F. The van der Waals surface area contributed by atoms with E-state index >= 15 is 0 Å². The van der Waals surface area contributed by atoms with Gasteiger partial charge in [0.05, 0.1) is 5.69 Å². The highest BCUT2D eigenvalue weighted by atomic mass is 35.5. The standard InChI is InChI=1S/C18H21ClFN/c1-13(21-17-11-15(19)9-10-16(17)20)12-18(2,3)14-7-5-4-6-8-14/h4-11,13,21H,12H2,1-3H3. The Bertz CT molecular complexity index is 595. The number of anilines is 1. The van der Waals surface area contributed by atoms with Crippen LogP contribution in [0.25, 0.3) is 0 Å². The molecule has 2 aromatic carbocycles. The van der Waals surface area contributed by atoms with E-state index in [1.54, 1.807) is 12.1 Å². The minimum atomic E-state index is -0.274. The highest BCUT2D eigenvalue weighted by Gasteiger charge is 2.23. The molecule has 0 heterocycles. The maximum atomic E-state index is 13.8. The molecule has 3 heteroatoms. The Morgan fingerprint density at radius 2 is 1.81 bits per heavy atom. The highest BCUT2D eigenvalue weighted by Crippen LogP contribution is 2.30. The van der Waals surface area contributed by atoms with E-state index in [1.807, 2.05) is 18.2 Å². The summed E-state index contributed by atoms with van der Waals surface area (Å²) in [6, 6.07) is 15.1. The van der Waals surface area contributed by atoms with Crippen molar-refractivity contribution in [3.63, 3.8) is 0 Å². The number of hydrogen-bond acceptors (Lipinski definition) is 1. The zero-order chi connectivity index (χ0) is 15.5. The van der Waals surface area contributed by atoms with Gasteiger partial charge in [0, 0.05) is 11.1 Å². The second kappa shape index (κ2) is 6.48. The molecule has 0 aromatic heterocycles. The van der Waals surface area contributed by atoms with Crippen molar-refractivity contribution in [1.82, 2.24) is 0 Å². The predicted octanol–water partition coefficient (Wildman–Crippen LogP) is 5.65. The molecular formula is C18H21ClFN. The molecule has 0 saturated carbocycles. The van der Waals surface area contributed by atoms with Crippen molar-refractivity contribution in [2.45, 2.75) is 38.6 Å². The highest BCUT2D eigenvalue weighted by molar-refractivity contribution is 6.30. The van der Waals surface area contributed by atoms with E-state index in [1.165, 1.54) is 11.6 Å². The maximum Gasteiger partial charge on any atom is 0.146 e. The minimum Gasteiger partial charge on any atom is -0.380 e. The van der Waals surface area contributed by atoms with Crippen LogP contribution in [0.2, 0.25) is 5.02 Å². The summed E-state index contributed by atoms with van der Waals surface area (Å²) in [6.45, 7) is 6.47. The van der Waals surface area contributed by atoms with Gasteiger partial charge >= 0.3 is 0 Å². The average molecular weight is 306 g/mol. The fraction of sp³-hybridized carbons (Fsp3) is 0.333. The molecule has 0 spiro atoms. The van der Waals surface area contributed by atoms with Gasteiger partial charge in [-0.05, 0) is 42.5 Å². The van der Waals surface area contributed by atoms with Gasteiger partial charge in [-0.25, -0.2) is 4.39 Å². The molecule has 0 amide bonds. The van der Waals surface area contributed by atoms with Crippen molar-refractivity contribution >= 4 is 17.3 Å². The molecular weight excluding hydrogens is 285 g/mol. The molecule has 0 saturated heterocycles. The summed E-state index contributed by atoms with van der Waals surface area (Å²) in [7, 11) is 0. The summed E-state index contributed by atoms with van der Waals surface area (Å²) in [5.74, 6) is -0.274. The summed E-state index contributed by atoms with van der Waals surface area (Å²) < 4.78 is 13.8. The van der Waals surface area contributed by atoms with Crippen LogP contribution in [0, 0.1) is 5.82 Å². The second-order valence-corrected chi connectivity index (χ2v) is 6.56. The number of hydrogen-bond donors (Lipinski definition) is 1. The lowest BCUT2D eigenvalue weighted by molar-refractivity contribution is 0.449. The smallest absolute Gasteiger partial charge is 0.146 e. The third kappa shape index (κ3) is 4.21. The minimum absolute atomic E-state index is 0.0166. The molecule has 2 aromatic rings. The van der Waals surface area contributed by atoms with Crippen molar-refractivity contribution in [2.75, 3.05) is 5.32 Å². The third-order valence-corrected chi connectivity index (χ3v) is 3.94. The van der Waals surface area contributed by atoms with Gasteiger partial charge in [0.15, 0.2) is 0 Å². The summed E-state index contributed by atoms with van der Waals surface area (Å²) in [4.78, 5) is 0. The van der Waals surface area contributed by atoms with E-state index in [-0.39, 0.29) is 17.3 Å². The van der Waals surface area contributed by atoms with Gasteiger partial charge in [-0.15, -0.1) is 0 Å². The second-order valence-electron chi connectivity index (χ2n) is 6.12. The van der Waals surface area contributed by atoms with Crippen LogP contribution in [0.5, 0.6) is 0 Å². The van der Waals surface area contributed by atoms with Gasteiger partial charge in [0.2, 0.25) is 0 Å². The Hall–Kier alpha value is -1.54. The van der Waals surface area contributed by atoms with Gasteiger partial charge in [-0.3, -0.25) is 0 Å². The fourth-order valence-corrected chi connectivity index (χ4v) is 2.87. The molecule has 2 rings (SSSR count). The largest absolute Gasteiger partial charge is 0.380 e. The first-order valence-electron chi connectivity index (χ1n) is 7.15. The molecule has 0 radical (unpaired) electrons. The lowest BCUT2D eigenvalue weighted by Gasteiger charge is -2.29. The van der Waals surface area contributed by atoms with Crippen LogP contribution in [0.15, 0.2) is 48.5 Å². The van der Waals surface area contributed by atoms with Gasteiger partial charge in [0.25, 0.3) is 0 Å². The number of rotatable bonds is 5. The van der Waals surface area contributed by atoms with Crippen molar-refractivity contribution < 1.29 is 4.39 Å². The molecule has 0 aliphatic heterocycles. The summed E-state index contributed by atoms with van der Waals surface area (Å²) in [6.07, 6.45) is 0.892. The fourth-order valence-electron chi connectivity index (χ4n) is 2.70. The summed E-state index contributed by atoms with van der Waals surface area (Å²) >= 11 is 5.92. The zero-order valence-electron chi connectivity index (χ0n) is 12.7. The van der Waals surface area contributed by atoms with Crippen LogP contribution in [0.1, 0.15) is 32.8 Å². The molecule has 1 N–H and O–H groups in total. The molecule has 1 unspecified atom stereocenters. The van der Waals surface area contributed by atoms with Crippen LogP contribution >= 0.6 is 11.6 Å². The topological polar surface area (TPSA) is 12.0 Å². The lowest BCUT2D eigenvalue weighted by atomic mass is 9.79. The number of nitrogens with one attached hydrogen (secondary N) is 1. The summed E-state index contributed by atoms with van der Waals surface area (Å²) in [5.41, 5.74) is 1.76. The first-order chi connectivity index (χ1) is 9.88. The van der Waals surface area contributed by atoms with E-state index in [2.05, 4.69) is 38.2 Å². The van der Waals surface area contributed by atoms with E-state index in [0.717, 1.165) is 6.42 Å². The normalized spacial score (nSPS) is 13.0. The van der Waals surface area contributed by atoms with Crippen LogP contribution in [-0.2, 0) is 5.41 Å². The summed E-state index contributed by atoms with van der Waals surface area (Å²) in [5, 5.41) is 3.75. The van der Waals surface area contributed by atoms with Gasteiger partial charge in [-0.2, -0.15) is 0 Å². The van der Waals surface area contributed by atoms with Crippen molar-refractivity contribution in [3.8, 4) is 0 Å². The van der Waals surface area contributed by atoms with E-state index in [9.17, 15) is 4.39 Å². The van der Waals surface area contributed by atoms with Gasteiger partial charge < -0.3 is 5.32 Å². The molecule has 1 atom stereocenters. The lowest BCUT2D eigenvalue weighted by Crippen LogP contribution is -2.28. The van der Waals surface area contributed by atoms with Crippen LogP contribution in [0.4, 0.5) is 10.1 Å². The molecule has 0 fully saturated rings. The molecule has 0 bridgehead atoms. The molecule has 0 aliphatic carbocycles. The first-order valence-corrected chi connectivity index (χ1v) is 7.53. The Labute approximate surface area is 131 Å². The van der Waals surface area contributed by atoms with Gasteiger partial charge in [-0.1, -0.05) is 55.8 Å². The average Bonchev–Trinajstić information content (AvgIpc) is 2.43. The Balaban J connectivity index is 2.07. The van der Waals surface area contributed by atoms with Crippen LogP contribution in [0.3, 0.4) is 0 Å². The molecule has 21 heavy (non-hydrogen) atoms.